The predicted octanol–water partition coefficient (Wildman–Crippen LogP) is 4.18. The van der Waals surface area contributed by atoms with Crippen molar-refractivity contribution in [2.24, 2.45) is 11.5 Å². The normalized spacial score (nSPS) is 17.8. The maximum Gasteiger partial charge on any atom is 0.384 e. The summed E-state index contributed by atoms with van der Waals surface area (Å²) in [5, 5.41) is 0. The van der Waals surface area contributed by atoms with Crippen molar-refractivity contribution in [3.63, 3.8) is 0 Å². The van der Waals surface area contributed by atoms with Crippen molar-refractivity contribution in [3.05, 3.63) is 0 Å². The van der Waals surface area contributed by atoms with E-state index in [1.807, 2.05) is 0 Å². The molecule has 0 saturated carbocycles. The summed E-state index contributed by atoms with van der Waals surface area (Å²) in [7, 11) is 0. The van der Waals surface area contributed by atoms with E-state index in [-0.39, 0.29) is 0 Å². The van der Waals surface area contributed by atoms with Crippen LogP contribution in [0.1, 0.15) is 19.8 Å². The van der Waals surface area contributed by atoms with Crippen LogP contribution in [0.4, 0.5) is 57.1 Å². The van der Waals surface area contributed by atoms with Crippen LogP contribution in [0.3, 0.4) is 0 Å². The first-order valence-electron chi connectivity index (χ1n) is 6.57. The Bertz CT molecular complexity index is 490. The minimum absolute atomic E-state index is 0.789. The maximum absolute atomic E-state index is 14.2. The van der Waals surface area contributed by atoms with Gasteiger partial charge in [-0.2, -0.15) is 43.9 Å². The Morgan fingerprint density at radius 3 is 1.27 bits per heavy atom. The van der Waals surface area contributed by atoms with Crippen LogP contribution >= 0.6 is 0 Å². The Morgan fingerprint density at radius 2 is 1.00 bits per heavy atom. The summed E-state index contributed by atoms with van der Waals surface area (Å²) in [6.07, 6.45) is -11.3. The molecule has 158 valence electrons. The fraction of sp³-hybridized carbons (Fsp3) is 1.00. The molecule has 0 amide bonds. The molecular weight excluding hydrogens is 407 g/mol. The minimum Gasteiger partial charge on any atom is -0.313 e. The molecular formula is C11H13F13N2. The van der Waals surface area contributed by atoms with Crippen LogP contribution in [0.2, 0.25) is 0 Å². The van der Waals surface area contributed by atoms with Crippen molar-refractivity contribution in [3.8, 4) is 0 Å². The summed E-state index contributed by atoms with van der Waals surface area (Å²) in [6, 6.07) is 0. The third-order valence-corrected chi connectivity index (χ3v) is 3.54. The highest BCUT2D eigenvalue weighted by Gasteiger charge is 2.90. The zero-order valence-electron chi connectivity index (χ0n) is 12.6. The van der Waals surface area contributed by atoms with Crippen LogP contribution < -0.4 is 11.5 Å². The fourth-order valence-electron chi connectivity index (χ4n) is 1.90. The molecule has 0 aliphatic heterocycles. The van der Waals surface area contributed by atoms with Gasteiger partial charge >= 0.3 is 36.0 Å². The molecule has 0 rings (SSSR count). The summed E-state index contributed by atoms with van der Waals surface area (Å²) in [4.78, 5) is 0. The van der Waals surface area contributed by atoms with Crippen molar-refractivity contribution in [1.82, 2.24) is 0 Å². The van der Waals surface area contributed by atoms with Crippen molar-refractivity contribution in [2.75, 3.05) is 0 Å². The molecule has 0 saturated heterocycles. The van der Waals surface area contributed by atoms with E-state index >= 15 is 0 Å². The van der Waals surface area contributed by atoms with Gasteiger partial charge in [-0.05, 0) is 6.42 Å². The van der Waals surface area contributed by atoms with Crippen LogP contribution in [0.25, 0.3) is 0 Å². The minimum atomic E-state index is -7.82. The van der Waals surface area contributed by atoms with Crippen LogP contribution in [0, 0.1) is 0 Å². The van der Waals surface area contributed by atoms with Gasteiger partial charge in [-0.3, -0.25) is 0 Å². The van der Waals surface area contributed by atoms with Gasteiger partial charge in [0.15, 0.2) is 0 Å². The summed E-state index contributed by atoms with van der Waals surface area (Å²) >= 11 is 0. The van der Waals surface area contributed by atoms with E-state index in [0.717, 1.165) is 6.92 Å². The molecule has 0 aliphatic rings. The third-order valence-electron chi connectivity index (χ3n) is 3.54. The molecule has 0 aromatic rings. The lowest BCUT2D eigenvalue weighted by Crippen LogP contribution is -2.75. The lowest BCUT2D eigenvalue weighted by molar-refractivity contribution is -0.425. The lowest BCUT2D eigenvalue weighted by atomic mass is 9.81. The van der Waals surface area contributed by atoms with Gasteiger partial charge in [-0.1, -0.05) is 13.3 Å². The van der Waals surface area contributed by atoms with E-state index in [2.05, 4.69) is 11.5 Å². The van der Waals surface area contributed by atoms with Gasteiger partial charge in [0.05, 0.1) is 6.17 Å². The molecule has 0 heterocycles. The van der Waals surface area contributed by atoms with Crippen molar-refractivity contribution in [1.29, 1.82) is 0 Å². The molecule has 0 aromatic carbocycles. The summed E-state index contributed by atoms with van der Waals surface area (Å²) in [5.74, 6) is -37.1. The summed E-state index contributed by atoms with van der Waals surface area (Å²) < 4.78 is 171. The van der Waals surface area contributed by atoms with Gasteiger partial charge in [0.25, 0.3) is 0 Å². The van der Waals surface area contributed by atoms with Crippen molar-refractivity contribution in [2.45, 2.75) is 67.6 Å². The molecule has 4 N–H and O–H groups in total. The van der Waals surface area contributed by atoms with Gasteiger partial charge in [-0.15, -0.1) is 0 Å². The largest absolute Gasteiger partial charge is 0.384 e. The van der Waals surface area contributed by atoms with Crippen molar-refractivity contribution >= 4 is 0 Å². The molecule has 1 atom stereocenters. The number of hydrogen-bond donors (Lipinski definition) is 2. The first-order chi connectivity index (χ1) is 11.2. The van der Waals surface area contributed by atoms with Crippen molar-refractivity contribution < 1.29 is 57.1 Å². The maximum atomic E-state index is 14.2. The van der Waals surface area contributed by atoms with Crippen LogP contribution in [-0.4, -0.2) is 47.9 Å². The zero-order valence-corrected chi connectivity index (χ0v) is 12.6. The molecule has 0 bridgehead atoms. The van der Waals surface area contributed by atoms with Crippen LogP contribution in [0.5, 0.6) is 0 Å². The molecule has 0 radical (unpaired) electrons. The summed E-state index contributed by atoms with van der Waals surface area (Å²) in [5.41, 5.74) is 4.08. The highest BCUT2D eigenvalue weighted by atomic mass is 19.4. The van der Waals surface area contributed by atoms with Crippen LogP contribution in [0.15, 0.2) is 0 Å². The van der Waals surface area contributed by atoms with Gasteiger partial charge in [-0.25, -0.2) is 13.2 Å². The van der Waals surface area contributed by atoms with E-state index in [1.165, 1.54) is 0 Å². The quantitative estimate of drug-likeness (QED) is 0.435. The highest BCUT2D eigenvalue weighted by Crippen LogP contribution is 2.61. The van der Waals surface area contributed by atoms with E-state index in [1.54, 1.807) is 0 Å². The molecule has 0 aromatic heterocycles. The monoisotopic (exact) mass is 420 g/mol. The summed E-state index contributed by atoms with van der Waals surface area (Å²) in [6.45, 7) is 0.864. The standard InChI is InChI=1S/C11H13F13N2/c1-2-3-6(14,5(25)26)8(17,18)10(21,22)11(23,24)9(19,20)7(15,16)4(12)13/h4-5H,2-3,25-26H2,1H3. The van der Waals surface area contributed by atoms with Gasteiger partial charge in [0.2, 0.25) is 5.67 Å². The Morgan fingerprint density at radius 1 is 0.654 bits per heavy atom. The highest BCUT2D eigenvalue weighted by molar-refractivity contribution is 5.15. The number of hydrogen-bond acceptors (Lipinski definition) is 2. The SMILES string of the molecule is CCCC(F)(C(N)N)C(F)(F)C(F)(F)C(F)(F)C(F)(F)C(F)(F)C(F)F. The Labute approximate surface area is 137 Å². The second kappa shape index (κ2) is 6.87. The molecule has 0 fully saturated rings. The predicted molar refractivity (Wildman–Crippen MR) is 61.6 cm³/mol. The second-order valence-corrected chi connectivity index (χ2v) is 5.36. The van der Waals surface area contributed by atoms with Gasteiger partial charge in [0.1, 0.15) is 0 Å². The zero-order chi connectivity index (χ0) is 21.6. The lowest BCUT2D eigenvalue weighted by Gasteiger charge is -2.44. The van der Waals surface area contributed by atoms with Crippen LogP contribution in [-0.2, 0) is 0 Å². The number of rotatable bonds is 9. The molecule has 2 nitrogen and oxygen atoms in total. The smallest absolute Gasteiger partial charge is 0.313 e. The average Bonchev–Trinajstić information content (AvgIpc) is 2.45. The first kappa shape index (κ1) is 25.0. The van der Waals surface area contributed by atoms with Gasteiger partial charge < -0.3 is 11.5 Å². The third kappa shape index (κ3) is 3.10. The molecule has 0 aliphatic carbocycles. The molecule has 1 unspecified atom stereocenters. The average molecular weight is 420 g/mol. The number of halogens is 13. The topological polar surface area (TPSA) is 52.0 Å². The molecule has 0 spiro atoms. The fourth-order valence-corrected chi connectivity index (χ4v) is 1.90. The van der Waals surface area contributed by atoms with E-state index in [9.17, 15) is 57.1 Å². The Kier molecular flexibility index (Phi) is 6.61. The second-order valence-electron chi connectivity index (χ2n) is 5.36. The number of nitrogens with two attached hydrogens (primary N) is 2. The molecule has 15 heteroatoms. The van der Waals surface area contributed by atoms with E-state index in [4.69, 9.17) is 0 Å². The Hall–Kier alpha value is -0.990. The Balaban J connectivity index is 6.52. The van der Waals surface area contributed by atoms with Gasteiger partial charge in [0, 0.05) is 0 Å². The first-order valence-corrected chi connectivity index (χ1v) is 6.57. The van der Waals surface area contributed by atoms with E-state index < -0.39 is 60.7 Å². The van der Waals surface area contributed by atoms with E-state index in [0.29, 0.717) is 0 Å². The molecule has 26 heavy (non-hydrogen) atoms. The number of alkyl halides is 13.